The molecule has 2 fully saturated rings. The number of carbonyl (C=O) groups is 3. The van der Waals surface area contributed by atoms with Gasteiger partial charge >= 0.3 is 5.97 Å². The molecule has 1 unspecified atom stereocenters. The Morgan fingerprint density at radius 2 is 2.00 bits per heavy atom. The van der Waals surface area contributed by atoms with Gasteiger partial charge in [-0.2, -0.15) is 10.2 Å². The van der Waals surface area contributed by atoms with Crippen LogP contribution >= 0.6 is 0 Å². The van der Waals surface area contributed by atoms with Gasteiger partial charge in [0.05, 0.1) is 24.1 Å². The van der Waals surface area contributed by atoms with Crippen LogP contribution in [-0.2, 0) is 22.6 Å². The zero-order chi connectivity index (χ0) is 26.7. The molecule has 3 aromatic heterocycles. The van der Waals surface area contributed by atoms with Crippen molar-refractivity contribution in [3.8, 4) is 0 Å². The number of fused-ring (bicyclic) bond motifs is 1. The van der Waals surface area contributed by atoms with Crippen LogP contribution in [0.15, 0.2) is 30.7 Å². The molecule has 38 heavy (non-hydrogen) atoms. The number of imidazole rings is 1. The summed E-state index contributed by atoms with van der Waals surface area (Å²) in [6.45, 7) is 3.03. The average Bonchev–Trinajstić information content (AvgIpc) is 3.47. The van der Waals surface area contributed by atoms with Crippen molar-refractivity contribution in [2.45, 2.75) is 77.3 Å². The van der Waals surface area contributed by atoms with Crippen molar-refractivity contribution in [3.05, 3.63) is 47.7 Å². The fourth-order valence-corrected chi connectivity index (χ4v) is 5.92. The highest BCUT2D eigenvalue weighted by molar-refractivity contribution is 6.02. The van der Waals surface area contributed by atoms with Crippen molar-refractivity contribution in [3.63, 3.8) is 0 Å². The highest BCUT2D eigenvalue weighted by Gasteiger charge is 2.47. The molecule has 0 aromatic carbocycles. The molecule has 1 aliphatic heterocycles. The number of aliphatic carboxylic acids is 1. The topological polar surface area (TPSA) is 144 Å². The normalized spacial score (nSPS) is 21.6. The number of hydrogen-bond donors (Lipinski definition) is 3. The zero-order valence-corrected chi connectivity index (χ0v) is 21.7. The minimum Gasteiger partial charge on any atom is -0.480 e. The van der Waals surface area contributed by atoms with E-state index in [0.29, 0.717) is 36.4 Å². The summed E-state index contributed by atoms with van der Waals surface area (Å²) in [7, 11) is 0. The van der Waals surface area contributed by atoms with Crippen LogP contribution in [0.5, 0.6) is 0 Å². The van der Waals surface area contributed by atoms with Gasteiger partial charge in [0.15, 0.2) is 11.1 Å². The van der Waals surface area contributed by atoms with Gasteiger partial charge in [0.25, 0.3) is 5.91 Å². The van der Waals surface area contributed by atoms with Gasteiger partial charge in [0.2, 0.25) is 5.91 Å². The van der Waals surface area contributed by atoms with E-state index in [1.165, 1.54) is 12.8 Å². The summed E-state index contributed by atoms with van der Waals surface area (Å²) in [5.41, 5.74) is 0.921. The Morgan fingerprint density at radius 3 is 2.71 bits per heavy atom. The second-order valence-electron chi connectivity index (χ2n) is 10.5. The zero-order valence-electron chi connectivity index (χ0n) is 21.7. The minimum atomic E-state index is -1.51. The Morgan fingerprint density at radius 1 is 1.21 bits per heavy atom. The summed E-state index contributed by atoms with van der Waals surface area (Å²) in [4.78, 5) is 42.9. The summed E-state index contributed by atoms with van der Waals surface area (Å²) in [5, 5.41) is 24.6. The molecule has 3 N–H and O–H groups in total. The molecular weight excluding hydrogens is 486 g/mol. The number of nitrogens with zero attached hydrogens (tertiary/aromatic N) is 5. The highest BCUT2D eigenvalue weighted by Crippen LogP contribution is 2.35. The van der Waals surface area contributed by atoms with Crippen LogP contribution < -0.4 is 10.6 Å². The third-order valence-corrected chi connectivity index (χ3v) is 8.04. The fourth-order valence-electron chi connectivity index (χ4n) is 5.92. The second-order valence-corrected chi connectivity index (χ2v) is 10.5. The summed E-state index contributed by atoms with van der Waals surface area (Å²) in [6, 6.07) is 3.22. The first-order valence-corrected chi connectivity index (χ1v) is 13.6. The maximum atomic E-state index is 13.3. The van der Waals surface area contributed by atoms with Gasteiger partial charge in [-0.1, -0.05) is 25.7 Å². The monoisotopic (exact) mass is 521 g/mol. The number of hydrogen-bond acceptors (Lipinski definition) is 6. The lowest BCUT2D eigenvalue weighted by Gasteiger charge is -2.32. The number of nitrogens with one attached hydrogen (secondary N) is 2. The number of aryl methyl sites for hydroxylation is 1. The van der Waals surface area contributed by atoms with E-state index < -0.39 is 17.3 Å². The lowest BCUT2D eigenvalue weighted by molar-refractivity contribution is -0.158. The molecule has 2 atom stereocenters. The molecule has 1 saturated heterocycles. The van der Waals surface area contributed by atoms with Crippen molar-refractivity contribution in [1.29, 1.82) is 0 Å². The summed E-state index contributed by atoms with van der Waals surface area (Å²) in [6.07, 6.45) is 12.6. The number of amides is 2. The first-order chi connectivity index (χ1) is 18.4. The molecule has 0 bridgehead atoms. The van der Waals surface area contributed by atoms with Gasteiger partial charge in [-0.25, -0.2) is 9.50 Å². The Kier molecular flexibility index (Phi) is 7.44. The molecule has 4 heterocycles. The standard InChI is InChI=1S/C27H35N7O4/c1-2-33-21(10-13-29-33)24(35)32-23(19-8-5-3-4-6-9-19)20-17-34-22(31-20)14-18(16-30-34)15-27(26(37)38)11-7-12-28-25(27)36/h10,13-14,16-17,19,23H,2-9,11-12,15H2,1H3,(H,28,36)(H,32,35)(H,37,38)/t23-,27?/m0/s1. The predicted molar refractivity (Wildman–Crippen MR) is 138 cm³/mol. The number of piperidine rings is 1. The molecule has 3 aromatic rings. The molecule has 0 radical (unpaired) electrons. The summed E-state index contributed by atoms with van der Waals surface area (Å²) < 4.78 is 3.33. The Balaban J connectivity index is 1.45. The van der Waals surface area contributed by atoms with Crippen LogP contribution in [0.2, 0.25) is 0 Å². The van der Waals surface area contributed by atoms with E-state index in [0.717, 1.165) is 31.4 Å². The first-order valence-electron chi connectivity index (χ1n) is 13.6. The van der Waals surface area contributed by atoms with Crippen molar-refractivity contribution in [2.24, 2.45) is 11.3 Å². The van der Waals surface area contributed by atoms with E-state index in [4.69, 9.17) is 4.98 Å². The van der Waals surface area contributed by atoms with E-state index >= 15 is 0 Å². The number of rotatable bonds is 8. The van der Waals surface area contributed by atoms with E-state index in [2.05, 4.69) is 20.8 Å². The SMILES string of the molecule is CCn1nccc1C(=O)N[C@H](c1cn2ncc(CC3(C(=O)O)CCCNC3=O)cc2n1)C1CCCCCC1. The Hall–Kier alpha value is -3.76. The first kappa shape index (κ1) is 25.9. The van der Waals surface area contributed by atoms with Crippen molar-refractivity contribution in [1.82, 2.24) is 35.0 Å². The highest BCUT2D eigenvalue weighted by atomic mass is 16.4. The number of carbonyl (C=O) groups excluding carboxylic acids is 2. The molecule has 202 valence electrons. The molecule has 5 rings (SSSR count). The van der Waals surface area contributed by atoms with Crippen molar-refractivity contribution >= 4 is 23.4 Å². The third-order valence-electron chi connectivity index (χ3n) is 8.04. The Bertz CT molecular complexity index is 1320. The van der Waals surface area contributed by atoms with E-state index in [1.54, 1.807) is 33.7 Å². The number of carboxylic acid groups (broad SMARTS) is 1. The number of carboxylic acids is 1. The third kappa shape index (κ3) is 5.01. The van der Waals surface area contributed by atoms with Gasteiger partial charge in [0, 0.05) is 19.3 Å². The smallest absolute Gasteiger partial charge is 0.319 e. The van der Waals surface area contributed by atoms with E-state index in [-0.39, 0.29) is 30.7 Å². The van der Waals surface area contributed by atoms with Gasteiger partial charge in [-0.15, -0.1) is 0 Å². The quantitative estimate of drug-likeness (QED) is 0.305. The van der Waals surface area contributed by atoms with E-state index in [9.17, 15) is 19.5 Å². The van der Waals surface area contributed by atoms with E-state index in [1.807, 2.05) is 13.1 Å². The van der Waals surface area contributed by atoms with Gasteiger partial charge < -0.3 is 15.7 Å². The van der Waals surface area contributed by atoms with Crippen LogP contribution in [0.25, 0.3) is 5.65 Å². The maximum Gasteiger partial charge on any atom is 0.319 e. The van der Waals surface area contributed by atoms with Crippen LogP contribution in [0.1, 0.15) is 86.1 Å². The maximum absolute atomic E-state index is 13.3. The van der Waals surface area contributed by atoms with Crippen molar-refractivity contribution in [2.75, 3.05) is 6.54 Å². The lowest BCUT2D eigenvalue weighted by atomic mass is 9.75. The van der Waals surface area contributed by atoms with Crippen LogP contribution in [0.4, 0.5) is 0 Å². The summed E-state index contributed by atoms with van der Waals surface area (Å²) >= 11 is 0. The van der Waals surface area contributed by atoms with Crippen LogP contribution in [-0.4, -0.2) is 53.8 Å². The molecule has 0 spiro atoms. The second kappa shape index (κ2) is 10.9. The molecular formula is C27H35N7O4. The Labute approximate surface area is 221 Å². The van der Waals surface area contributed by atoms with Gasteiger partial charge in [-0.05, 0) is 62.6 Å². The van der Waals surface area contributed by atoms with Crippen LogP contribution in [0, 0.1) is 11.3 Å². The van der Waals surface area contributed by atoms with Gasteiger partial charge in [0.1, 0.15) is 5.69 Å². The van der Waals surface area contributed by atoms with Crippen molar-refractivity contribution < 1.29 is 19.5 Å². The number of aromatic nitrogens is 5. The predicted octanol–water partition coefficient (Wildman–Crippen LogP) is 2.91. The molecule has 11 nitrogen and oxygen atoms in total. The molecule has 1 saturated carbocycles. The summed E-state index contributed by atoms with van der Waals surface area (Å²) in [5.74, 6) is -1.52. The molecule has 2 aliphatic rings. The minimum absolute atomic E-state index is 0.0453. The largest absolute Gasteiger partial charge is 0.480 e. The average molecular weight is 522 g/mol. The fraction of sp³-hybridized carbons (Fsp3) is 0.556. The van der Waals surface area contributed by atoms with Crippen LogP contribution in [0.3, 0.4) is 0 Å². The molecule has 1 aliphatic carbocycles. The van der Waals surface area contributed by atoms with Gasteiger partial charge in [-0.3, -0.25) is 19.1 Å². The molecule has 2 amide bonds. The molecule has 11 heteroatoms. The lowest BCUT2D eigenvalue weighted by Crippen LogP contribution is -2.52.